The van der Waals surface area contributed by atoms with Crippen LogP contribution >= 0.6 is 27.3 Å². The van der Waals surface area contributed by atoms with Crippen LogP contribution in [0.5, 0.6) is 0 Å². The van der Waals surface area contributed by atoms with Crippen molar-refractivity contribution in [3.8, 4) is 0 Å². The number of thiophene rings is 1. The Morgan fingerprint density at radius 1 is 1.50 bits per heavy atom. The smallest absolute Gasteiger partial charge is 0.241 e. The third-order valence-corrected chi connectivity index (χ3v) is 3.90. The maximum atomic E-state index is 11.8. The molecule has 5 heteroatoms. The summed E-state index contributed by atoms with van der Waals surface area (Å²) in [7, 11) is 3.54. The van der Waals surface area contributed by atoms with E-state index < -0.39 is 5.54 Å². The van der Waals surface area contributed by atoms with Gasteiger partial charge in [-0.1, -0.05) is 0 Å². The lowest BCUT2D eigenvalue weighted by Gasteiger charge is -2.28. The Morgan fingerprint density at radius 3 is 2.56 bits per heavy atom. The van der Waals surface area contributed by atoms with Gasteiger partial charge >= 0.3 is 0 Å². The SMILES string of the molecule is CN(C)C(=O)C(C)(C)NCc1ccc(Br)s1. The van der Waals surface area contributed by atoms with Crippen molar-refractivity contribution in [1.29, 1.82) is 0 Å². The van der Waals surface area contributed by atoms with E-state index in [9.17, 15) is 4.79 Å². The predicted molar refractivity (Wildman–Crippen MR) is 71.6 cm³/mol. The van der Waals surface area contributed by atoms with Crippen molar-refractivity contribution < 1.29 is 4.79 Å². The van der Waals surface area contributed by atoms with E-state index in [4.69, 9.17) is 0 Å². The van der Waals surface area contributed by atoms with Crippen LogP contribution in [0.3, 0.4) is 0 Å². The van der Waals surface area contributed by atoms with Crippen LogP contribution in [0.15, 0.2) is 15.9 Å². The van der Waals surface area contributed by atoms with Crippen LogP contribution in [0.4, 0.5) is 0 Å². The standard InChI is InChI=1S/C11H17BrN2OS/c1-11(2,10(15)14(3)4)13-7-8-5-6-9(12)16-8/h5-6,13H,7H2,1-4H3. The highest BCUT2D eigenvalue weighted by atomic mass is 79.9. The van der Waals surface area contributed by atoms with Gasteiger partial charge in [0.05, 0.1) is 9.33 Å². The van der Waals surface area contributed by atoms with E-state index in [-0.39, 0.29) is 5.91 Å². The molecule has 0 spiro atoms. The second kappa shape index (κ2) is 5.29. The maximum Gasteiger partial charge on any atom is 0.241 e. The van der Waals surface area contributed by atoms with Gasteiger partial charge in [0.2, 0.25) is 5.91 Å². The van der Waals surface area contributed by atoms with Gasteiger partial charge in [-0.2, -0.15) is 0 Å². The van der Waals surface area contributed by atoms with Gasteiger partial charge in [0.25, 0.3) is 0 Å². The molecule has 0 aliphatic carbocycles. The molecule has 0 radical (unpaired) electrons. The third kappa shape index (κ3) is 3.57. The second-order valence-corrected chi connectivity index (χ2v) is 6.93. The lowest BCUT2D eigenvalue weighted by Crippen LogP contribution is -2.51. The normalized spacial score (nSPS) is 11.6. The summed E-state index contributed by atoms with van der Waals surface area (Å²) in [4.78, 5) is 14.7. The average Bonchev–Trinajstić information content (AvgIpc) is 2.60. The largest absolute Gasteiger partial charge is 0.347 e. The van der Waals surface area contributed by atoms with Crippen LogP contribution < -0.4 is 5.32 Å². The third-order valence-electron chi connectivity index (χ3n) is 2.27. The van der Waals surface area contributed by atoms with Gasteiger partial charge in [-0.05, 0) is 41.9 Å². The molecular weight excluding hydrogens is 288 g/mol. The first-order valence-corrected chi connectivity index (χ1v) is 6.65. The summed E-state index contributed by atoms with van der Waals surface area (Å²) >= 11 is 5.10. The van der Waals surface area contributed by atoms with E-state index in [2.05, 4.69) is 27.3 Å². The fourth-order valence-corrected chi connectivity index (χ4v) is 2.81. The van der Waals surface area contributed by atoms with Gasteiger partial charge < -0.3 is 4.90 Å². The van der Waals surface area contributed by atoms with Crippen LogP contribution in [0, 0.1) is 0 Å². The highest BCUT2D eigenvalue weighted by Crippen LogP contribution is 2.22. The lowest BCUT2D eigenvalue weighted by atomic mass is 10.0. The van der Waals surface area contributed by atoms with E-state index in [0.29, 0.717) is 6.54 Å². The van der Waals surface area contributed by atoms with Gasteiger partial charge in [-0.25, -0.2) is 0 Å². The number of carbonyl (C=O) groups is 1. The number of carbonyl (C=O) groups excluding carboxylic acids is 1. The molecule has 1 aromatic rings. The highest BCUT2D eigenvalue weighted by molar-refractivity contribution is 9.11. The number of nitrogens with zero attached hydrogens (tertiary/aromatic N) is 1. The van der Waals surface area contributed by atoms with Gasteiger partial charge in [0.15, 0.2) is 0 Å². The Balaban J connectivity index is 2.57. The van der Waals surface area contributed by atoms with E-state index >= 15 is 0 Å². The summed E-state index contributed by atoms with van der Waals surface area (Å²) in [6.07, 6.45) is 0. The molecule has 0 aromatic carbocycles. The molecule has 1 N–H and O–H groups in total. The molecule has 1 rings (SSSR count). The number of hydrogen-bond acceptors (Lipinski definition) is 3. The number of nitrogens with one attached hydrogen (secondary N) is 1. The van der Waals surface area contributed by atoms with Crippen molar-refractivity contribution in [2.75, 3.05) is 14.1 Å². The molecule has 0 saturated heterocycles. The Hall–Kier alpha value is -0.390. The van der Waals surface area contributed by atoms with Crippen LogP contribution in [0.2, 0.25) is 0 Å². The summed E-state index contributed by atoms with van der Waals surface area (Å²) in [5, 5.41) is 3.27. The number of amides is 1. The van der Waals surface area contributed by atoms with Gasteiger partial charge in [0.1, 0.15) is 0 Å². The van der Waals surface area contributed by atoms with Crippen molar-refractivity contribution in [2.24, 2.45) is 0 Å². The summed E-state index contributed by atoms with van der Waals surface area (Å²) < 4.78 is 1.11. The first-order chi connectivity index (χ1) is 7.33. The minimum atomic E-state index is -0.528. The quantitative estimate of drug-likeness (QED) is 0.927. The fourth-order valence-electron chi connectivity index (χ4n) is 1.39. The average molecular weight is 305 g/mol. The molecule has 1 amide bonds. The Bertz CT molecular complexity index is 374. The first-order valence-electron chi connectivity index (χ1n) is 5.04. The molecular formula is C11H17BrN2OS. The minimum absolute atomic E-state index is 0.0862. The van der Waals surface area contributed by atoms with Gasteiger partial charge in [-0.15, -0.1) is 11.3 Å². The summed E-state index contributed by atoms with van der Waals surface area (Å²) in [5.41, 5.74) is -0.528. The molecule has 0 bridgehead atoms. The van der Waals surface area contributed by atoms with E-state index in [1.807, 2.05) is 19.9 Å². The van der Waals surface area contributed by atoms with Crippen LogP contribution in [0.25, 0.3) is 0 Å². The lowest BCUT2D eigenvalue weighted by molar-refractivity contribution is -0.134. The first kappa shape index (κ1) is 13.7. The number of hydrogen-bond donors (Lipinski definition) is 1. The molecule has 0 fully saturated rings. The molecule has 0 unspecified atom stereocenters. The minimum Gasteiger partial charge on any atom is -0.347 e. The second-order valence-electron chi connectivity index (χ2n) is 4.38. The molecule has 0 saturated carbocycles. The zero-order valence-electron chi connectivity index (χ0n) is 10.0. The topological polar surface area (TPSA) is 32.3 Å². The molecule has 1 aromatic heterocycles. The molecule has 90 valence electrons. The molecule has 16 heavy (non-hydrogen) atoms. The van der Waals surface area contributed by atoms with Crippen molar-refractivity contribution in [1.82, 2.24) is 10.2 Å². The Morgan fingerprint density at radius 2 is 2.12 bits per heavy atom. The Labute approximate surface area is 109 Å². The predicted octanol–water partition coefficient (Wildman–Crippen LogP) is 2.47. The van der Waals surface area contributed by atoms with Crippen molar-refractivity contribution in [3.05, 3.63) is 20.8 Å². The van der Waals surface area contributed by atoms with E-state index in [1.54, 1.807) is 30.3 Å². The van der Waals surface area contributed by atoms with Crippen LogP contribution in [-0.2, 0) is 11.3 Å². The molecule has 0 aliphatic rings. The number of likely N-dealkylation sites (N-methyl/N-ethyl adjacent to an activating group) is 1. The highest BCUT2D eigenvalue weighted by Gasteiger charge is 2.28. The fraction of sp³-hybridized carbons (Fsp3) is 0.545. The molecule has 0 atom stereocenters. The van der Waals surface area contributed by atoms with Crippen molar-refractivity contribution in [3.63, 3.8) is 0 Å². The van der Waals surface area contributed by atoms with Gasteiger partial charge in [0, 0.05) is 25.5 Å². The summed E-state index contributed by atoms with van der Waals surface area (Å²) in [6.45, 7) is 4.51. The van der Waals surface area contributed by atoms with Crippen molar-refractivity contribution >= 4 is 33.2 Å². The molecule has 0 aliphatic heterocycles. The molecule has 1 heterocycles. The van der Waals surface area contributed by atoms with E-state index in [0.717, 1.165) is 3.79 Å². The summed E-state index contributed by atoms with van der Waals surface area (Å²) in [5.74, 6) is 0.0862. The summed E-state index contributed by atoms with van der Waals surface area (Å²) in [6, 6.07) is 4.07. The monoisotopic (exact) mass is 304 g/mol. The maximum absolute atomic E-state index is 11.8. The number of halogens is 1. The zero-order valence-corrected chi connectivity index (χ0v) is 12.4. The zero-order chi connectivity index (χ0) is 12.3. The number of rotatable bonds is 4. The van der Waals surface area contributed by atoms with Crippen molar-refractivity contribution in [2.45, 2.75) is 25.9 Å². The van der Waals surface area contributed by atoms with Gasteiger partial charge in [-0.3, -0.25) is 10.1 Å². The molecule has 3 nitrogen and oxygen atoms in total. The van der Waals surface area contributed by atoms with E-state index in [1.165, 1.54) is 4.88 Å². The van der Waals surface area contributed by atoms with Crippen LogP contribution in [-0.4, -0.2) is 30.4 Å². The van der Waals surface area contributed by atoms with Crippen LogP contribution in [0.1, 0.15) is 18.7 Å². The Kier molecular flexibility index (Phi) is 4.52.